The summed E-state index contributed by atoms with van der Waals surface area (Å²) >= 11 is 5.84. The van der Waals surface area contributed by atoms with Crippen molar-refractivity contribution in [3.63, 3.8) is 0 Å². The molecule has 27 heavy (non-hydrogen) atoms. The van der Waals surface area contributed by atoms with Crippen molar-refractivity contribution in [1.29, 1.82) is 0 Å². The number of nitrogens with one attached hydrogen (secondary N) is 2. The van der Waals surface area contributed by atoms with Gasteiger partial charge < -0.3 is 16.4 Å². The number of nitrogens with zero attached hydrogens (tertiary/aromatic N) is 1. The van der Waals surface area contributed by atoms with Crippen LogP contribution in [0.4, 0.5) is 10.5 Å². The molecule has 1 aliphatic heterocycles. The summed E-state index contributed by atoms with van der Waals surface area (Å²) in [6.45, 7) is 0.419. The van der Waals surface area contributed by atoms with Crippen molar-refractivity contribution in [3.8, 4) is 0 Å². The van der Waals surface area contributed by atoms with Crippen LogP contribution in [0.15, 0.2) is 24.3 Å². The normalized spacial score (nSPS) is 21.0. The van der Waals surface area contributed by atoms with E-state index in [1.54, 1.807) is 24.3 Å². The van der Waals surface area contributed by atoms with Gasteiger partial charge in [0.1, 0.15) is 6.04 Å². The molecule has 1 unspecified atom stereocenters. The number of hydrogen-bond donors (Lipinski definition) is 3. The number of carbonyl (C=O) groups excluding carboxylic acids is 3. The molecule has 0 spiro atoms. The first-order valence-electron chi connectivity index (χ1n) is 8.85. The Balaban J connectivity index is 0.00000261. The number of anilines is 1. The largest absolute Gasteiger partial charge is 0.349 e. The number of imide groups is 1. The van der Waals surface area contributed by atoms with E-state index in [1.165, 1.54) is 0 Å². The van der Waals surface area contributed by atoms with Gasteiger partial charge in [0.05, 0.1) is 11.2 Å². The third-order valence-electron chi connectivity index (χ3n) is 5.12. The number of benzene rings is 1. The molecule has 0 radical (unpaired) electrons. The average Bonchev–Trinajstić information content (AvgIpc) is 3.19. The summed E-state index contributed by atoms with van der Waals surface area (Å²) in [5, 5.41) is 6.19. The number of halogens is 2. The fourth-order valence-electron chi connectivity index (χ4n) is 3.63. The van der Waals surface area contributed by atoms with Crippen LogP contribution in [0.3, 0.4) is 0 Å². The van der Waals surface area contributed by atoms with Crippen molar-refractivity contribution in [2.24, 2.45) is 5.73 Å². The maximum atomic E-state index is 12.5. The molecule has 0 bridgehead atoms. The number of rotatable bonds is 6. The van der Waals surface area contributed by atoms with Crippen molar-refractivity contribution in [2.75, 3.05) is 11.4 Å². The van der Waals surface area contributed by atoms with E-state index in [4.69, 9.17) is 17.3 Å². The first-order chi connectivity index (χ1) is 12.4. The Bertz CT molecular complexity index is 705. The Morgan fingerprint density at radius 2 is 1.89 bits per heavy atom. The Kier molecular flexibility index (Phi) is 7.08. The maximum absolute atomic E-state index is 12.5. The van der Waals surface area contributed by atoms with Crippen LogP contribution < -0.4 is 21.3 Å². The highest BCUT2D eigenvalue weighted by Crippen LogP contribution is 2.29. The molecule has 0 aromatic heterocycles. The van der Waals surface area contributed by atoms with Crippen LogP contribution in [0, 0.1) is 0 Å². The molecular weight excluding hydrogens is 391 g/mol. The van der Waals surface area contributed by atoms with Crippen LogP contribution in [0.2, 0.25) is 5.02 Å². The number of amides is 4. The van der Waals surface area contributed by atoms with Crippen LogP contribution in [0.25, 0.3) is 0 Å². The van der Waals surface area contributed by atoms with Gasteiger partial charge in [-0.2, -0.15) is 0 Å². The SMILES string of the molecule is Cl.NCC1(NC(=O)CCC2NC(=O)N(c3ccc(Cl)cc3)C2=O)CCCC1. The molecule has 9 heteroatoms. The summed E-state index contributed by atoms with van der Waals surface area (Å²) in [5.74, 6) is -0.496. The van der Waals surface area contributed by atoms with Crippen molar-refractivity contribution in [2.45, 2.75) is 50.1 Å². The molecule has 7 nitrogen and oxygen atoms in total. The molecule has 2 aliphatic rings. The minimum atomic E-state index is -0.707. The summed E-state index contributed by atoms with van der Waals surface area (Å²) in [4.78, 5) is 38.0. The molecule has 1 aromatic rings. The number of urea groups is 1. The molecule has 4 N–H and O–H groups in total. The van der Waals surface area contributed by atoms with E-state index in [0.29, 0.717) is 17.3 Å². The number of nitrogens with two attached hydrogens (primary N) is 1. The van der Waals surface area contributed by atoms with E-state index in [1.807, 2.05) is 0 Å². The molecule has 1 saturated heterocycles. The molecule has 1 atom stereocenters. The first kappa shape index (κ1) is 21.5. The second-order valence-corrected chi connectivity index (χ2v) is 7.37. The van der Waals surface area contributed by atoms with Gasteiger partial charge in [0.25, 0.3) is 5.91 Å². The van der Waals surface area contributed by atoms with Gasteiger partial charge in [-0.3, -0.25) is 9.59 Å². The van der Waals surface area contributed by atoms with Crippen molar-refractivity contribution in [1.82, 2.24) is 10.6 Å². The standard InChI is InChI=1S/C18H23ClN4O3.ClH/c19-12-3-5-13(6-4-12)23-16(25)14(21-17(23)26)7-8-15(24)22-18(11-20)9-1-2-10-18;/h3-6,14H,1-2,7-11,20H2,(H,21,26)(H,22,24);1H. The highest BCUT2D eigenvalue weighted by Gasteiger charge is 2.39. The van der Waals surface area contributed by atoms with Gasteiger partial charge in [-0.05, 0) is 43.5 Å². The Morgan fingerprint density at radius 3 is 2.48 bits per heavy atom. The van der Waals surface area contributed by atoms with Gasteiger partial charge in [0, 0.05) is 18.0 Å². The lowest BCUT2D eigenvalue weighted by Crippen LogP contribution is -2.51. The Labute approximate surface area is 169 Å². The molecule has 1 saturated carbocycles. The molecule has 1 heterocycles. The second-order valence-electron chi connectivity index (χ2n) is 6.93. The van der Waals surface area contributed by atoms with Crippen LogP contribution >= 0.6 is 24.0 Å². The van der Waals surface area contributed by atoms with Crippen LogP contribution in [-0.4, -0.2) is 36.0 Å². The predicted molar refractivity (Wildman–Crippen MR) is 106 cm³/mol. The highest BCUT2D eigenvalue weighted by molar-refractivity contribution is 6.30. The van der Waals surface area contributed by atoms with Crippen molar-refractivity contribution < 1.29 is 14.4 Å². The zero-order valence-electron chi connectivity index (χ0n) is 14.9. The van der Waals surface area contributed by atoms with E-state index >= 15 is 0 Å². The fourth-order valence-corrected chi connectivity index (χ4v) is 3.75. The second kappa shape index (κ2) is 8.91. The van der Waals surface area contributed by atoms with E-state index < -0.39 is 12.1 Å². The van der Waals surface area contributed by atoms with Crippen molar-refractivity contribution >= 4 is 47.5 Å². The lowest BCUT2D eigenvalue weighted by atomic mass is 9.97. The molecule has 2 fully saturated rings. The summed E-state index contributed by atoms with van der Waals surface area (Å²) in [6, 6.07) is 5.26. The average molecular weight is 415 g/mol. The van der Waals surface area contributed by atoms with E-state index in [-0.39, 0.29) is 42.6 Å². The third-order valence-corrected chi connectivity index (χ3v) is 5.37. The molecular formula is C18H24Cl2N4O3. The summed E-state index contributed by atoms with van der Waals surface area (Å²) in [5.41, 5.74) is 5.97. The van der Waals surface area contributed by atoms with Crippen LogP contribution in [0.5, 0.6) is 0 Å². The first-order valence-corrected chi connectivity index (χ1v) is 9.23. The van der Waals surface area contributed by atoms with Gasteiger partial charge in [-0.15, -0.1) is 12.4 Å². The highest BCUT2D eigenvalue weighted by atomic mass is 35.5. The summed E-state index contributed by atoms with van der Waals surface area (Å²) in [6.07, 6.45) is 4.31. The minimum absolute atomic E-state index is 0. The Morgan fingerprint density at radius 1 is 1.26 bits per heavy atom. The van der Waals surface area contributed by atoms with Gasteiger partial charge in [0.15, 0.2) is 0 Å². The summed E-state index contributed by atoms with van der Waals surface area (Å²) in [7, 11) is 0. The molecule has 148 valence electrons. The molecule has 1 aromatic carbocycles. The van der Waals surface area contributed by atoms with E-state index in [0.717, 1.165) is 30.6 Å². The molecule has 4 amide bonds. The zero-order valence-corrected chi connectivity index (χ0v) is 16.4. The third kappa shape index (κ3) is 4.72. The van der Waals surface area contributed by atoms with Crippen LogP contribution in [0.1, 0.15) is 38.5 Å². The van der Waals surface area contributed by atoms with Gasteiger partial charge >= 0.3 is 6.03 Å². The van der Waals surface area contributed by atoms with Crippen LogP contribution in [-0.2, 0) is 9.59 Å². The molecule has 1 aliphatic carbocycles. The lowest BCUT2D eigenvalue weighted by molar-refractivity contribution is -0.123. The van der Waals surface area contributed by atoms with Gasteiger partial charge in [-0.1, -0.05) is 24.4 Å². The smallest absolute Gasteiger partial charge is 0.329 e. The minimum Gasteiger partial charge on any atom is -0.349 e. The zero-order chi connectivity index (χ0) is 18.7. The van der Waals surface area contributed by atoms with E-state index in [2.05, 4.69) is 10.6 Å². The Hall–Kier alpha value is -1.83. The summed E-state index contributed by atoms with van der Waals surface area (Å²) < 4.78 is 0. The van der Waals surface area contributed by atoms with E-state index in [9.17, 15) is 14.4 Å². The van der Waals surface area contributed by atoms with Gasteiger partial charge in [-0.25, -0.2) is 9.69 Å². The topological polar surface area (TPSA) is 105 Å². The number of carbonyl (C=O) groups is 3. The van der Waals surface area contributed by atoms with Gasteiger partial charge in [0.2, 0.25) is 5.91 Å². The predicted octanol–water partition coefficient (Wildman–Crippen LogP) is 2.35. The molecule has 3 rings (SSSR count). The quantitative estimate of drug-likeness (QED) is 0.621. The fraction of sp³-hybridized carbons (Fsp3) is 0.500. The van der Waals surface area contributed by atoms with Crippen molar-refractivity contribution in [3.05, 3.63) is 29.3 Å². The number of hydrogen-bond acceptors (Lipinski definition) is 4. The monoisotopic (exact) mass is 414 g/mol. The lowest BCUT2D eigenvalue weighted by Gasteiger charge is -2.28. The maximum Gasteiger partial charge on any atom is 0.329 e.